The Morgan fingerprint density at radius 1 is 0.956 bits per heavy atom. The molecule has 1 aromatic heterocycles. The van der Waals surface area contributed by atoms with Gasteiger partial charge in [0.25, 0.3) is 0 Å². The molecular formula is C32H31Cl2F3N2O5S. The highest BCUT2D eigenvalue weighted by Gasteiger charge is 2.31. The van der Waals surface area contributed by atoms with E-state index in [1.807, 2.05) is 10.6 Å². The molecular weight excluding hydrogens is 652 g/mol. The molecule has 0 aliphatic carbocycles. The number of imidazole rings is 1. The number of benzene rings is 3. The molecule has 240 valence electrons. The van der Waals surface area contributed by atoms with Crippen molar-refractivity contribution >= 4 is 35.0 Å². The van der Waals surface area contributed by atoms with Crippen molar-refractivity contribution in [2.24, 2.45) is 0 Å². The van der Waals surface area contributed by atoms with Gasteiger partial charge in [-0.05, 0) is 42.0 Å². The number of hydrogen-bond acceptors (Lipinski definition) is 7. The molecule has 3 aromatic carbocycles. The second kappa shape index (κ2) is 16.1. The average molecular weight is 684 g/mol. The van der Waals surface area contributed by atoms with Crippen LogP contribution in [-0.2, 0) is 26.4 Å². The molecule has 7 nitrogen and oxygen atoms in total. The summed E-state index contributed by atoms with van der Waals surface area (Å²) in [4.78, 5) is 4.85. The third-order valence-electron chi connectivity index (χ3n) is 6.94. The van der Waals surface area contributed by atoms with Gasteiger partial charge < -0.3 is 23.7 Å². The largest absolute Gasteiger partial charge is 0.495 e. The van der Waals surface area contributed by atoms with Gasteiger partial charge in [-0.3, -0.25) is 4.57 Å². The van der Waals surface area contributed by atoms with Gasteiger partial charge >= 0.3 is 0 Å². The van der Waals surface area contributed by atoms with Crippen LogP contribution in [0.2, 0.25) is 5.02 Å². The van der Waals surface area contributed by atoms with Crippen LogP contribution < -0.4 is 9.47 Å². The fourth-order valence-electron chi connectivity index (χ4n) is 4.82. The van der Waals surface area contributed by atoms with Crippen molar-refractivity contribution in [2.45, 2.75) is 23.4 Å². The maximum Gasteiger partial charge on any atom is 0.173 e. The fraction of sp³-hybridized carbons (Fsp3) is 0.344. The first-order chi connectivity index (χ1) is 21.9. The Labute approximate surface area is 273 Å². The van der Waals surface area contributed by atoms with Gasteiger partial charge in [0.2, 0.25) is 0 Å². The number of fused-ring (bicyclic) bond motifs is 1. The Hall–Kier alpha value is -2.93. The van der Waals surface area contributed by atoms with Crippen molar-refractivity contribution in [1.82, 2.24) is 9.55 Å². The van der Waals surface area contributed by atoms with Crippen molar-refractivity contribution < 1.29 is 36.9 Å². The molecule has 5 rings (SSSR count). The summed E-state index contributed by atoms with van der Waals surface area (Å²) in [5.41, 5.74) is 2.79. The number of halogens is 5. The molecule has 0 saturated heterocycles. The van der Waals surface area contributed by atoms with E-state index in [1.54, 1.807) is 24.3 Å². The van der Waals surface area contributed by atoms with E-state index < -0.39 is 23.6 Å². The minimum Gasteiger partial charge on any atom is -0.495 e. The van der Waals surface area contributed by atoms with Gasteiger partial charge in [0, 0.05) is 41.4 Å². The zero-order chi connectivity index (χ0) is 31.8. The number of rotatable bonds is 15. The summed E-state index contributed by atoms with van der Waals surface area (Å²) in [7, 11) is 1.53. The smallest absolute Gasteiger partial charge is 0.173 e. The second-order valence-electron chi connectivity index (χ2n) is 9.85. The van der Waals surface area contributed by atoms with E-state index in [0.717, 1.165) is 40.8 Å². The normalized spacial score (nSPS) is 14.4. The van der Waals surface area contributed by atoms with Gasteiger partial charge in [-0.25, -0.2) is 18.2 Å². The van der Waals surface area contributed by atoms with Crippen molar-refractivity contribution in [3.05, 3.63) is 99.6 Å². The third-order valence-corrected chi connectivity index (χ3v) is 8.37. The van der Waals surface area contributed by atoms with Gasteiger partial charge in [0.05, 0.1) is 56.6 Å². The molecule has 0 spiro atoms. The number of methoxy groups -OCH3 is 1. The summed E-state index contributed by atoms with van der Waals surface area (Å²) in [5.74, 6) is -0.982. The van der Waals surface area contributed by atoms with Crippen LogP contribution in [0.5, 0.6) is 11.5 Å². The van der Waals surface area contributed by atoms with Crippen LogP contribution in [0.25, 0.3) is 5.69 Å². The zero-order valence-corrected chi connectivity index (χ0v) is 26.7. The molecule has 1 unspecified atom stereocenters. The number of hydrogen-bond donors (Lipinski definition) is 0. The molecule has 4 aromatic rings. The molecule has 0 N–H and O–H groups in total. The summed E-state index contributed by atoms with van der Waals surface area (Å²) < 4.78 is 73.7. The number of alkyl halides is 1. The first-order valence-corrected chi connectivity index (χ1v) is 16.1. The summed E-state index contributed by atoms with van der Waals surface area (Å²) in [5, 5.41) is 0.938. The molecule has 1 aliphatic heterocycles. The van der Waals surface area contributed by atoms with Crippen LogP contribution in [-0.4, -0.2) is 62.2 Å². The van der Waals surface area contributed by atoms with Crippen molar-refractivity contribution in [1.29, 1.82) is 0 Å². The number of nitrogens with zero attached hydrogens (tertiary/aromatic N) is 2. The van der Waals surface area contributed by atoms with Crippen molar-refractivity contribution in [3.8, 4) is 17.2 Å². The van der Waals surface area contributed by atoms with E-state index in [0.29, 0.717) is 60.3 Å². The molecule has 0 fully saturated rings. The highest BCUT2D eigenvalue weighted by Crippen LogP contribution is 2.40. The highest BCUT2D eigenvalue weighted by molar-refractivity contribution is 7.98. The molecule has 13 heteroatoms. The SMILES string of the molecule is COc1cc(C2OCCc3nc(SCc4c(F)cc(OCCOCCOCCCl)cc4F)n(-c4ccc(F)cc4)c32)ccc1Cl. The van der Waals surface area contributed by atoms with Gasteiger partial charge in [-0.1, -0.05) is 29.4 Å². The minimum absolute atomic E-state index is 0.0548. The molecule has 0 radical (unpaired) electrons. The number of aromatic nitrogens is 2. The van der Waals surface area contributed by atoms with Crippen LogP contribution >= 0.6 is 35.0 Å². The Morgan fingerprint density at radius 2 is 1.67 bits per heavy atom. The zero-order valence-electron chi connectivity index (χ0n) is 24.4. The van der Waals surface area contributed by atoms with Crippen LogP contribution in [0.1, 0.15) is 28.6 Å². The molecule has 45 heavy (non-hydrogen) atoms. The molecule has 2 heterocycles. The lowest BCUT2D eigenvalue weighted by molar-refractivity contribution is 0.0409. The van der Waals surface area contributed by atoms with E-state index in [-0.39, 0.29) is 30.3 Å². The van der Waals surface area contributed by atoms with Gasteiger partial charge in [0.15, 0.2) is 5.16 Å². The van der Waals surface area contributed by atoms with Gasteiger partial charge in [0.1, 0.15) is 41.7 Å². The van der Waals surface area contributed by atoms with Crippen LogP contribution in [0.3, 0.4) is 0 Å². The summed E-state index contributed by atoms with van der Waals surface area (Å²) in [6.45, 7) is 1.95. The van der Waals surface area contributed by atoms with Gasteiger partial charge in [-0.2, -0.15) is 0 Å². The fourth-order valence-corrected chi connectivity index (χ4v) is 6.18. The predicted molar refractivity (Wildman–Crippen MR) is 167 cm³/mol. The quantitative estimate of drug-likeness (QED) is 0.0729. The van der Waals surface area contributed by atoms with Crippen molar-refractivity contribution in [2.75, 3.05) is 52.6 Å². The first-order valence-electron chi connectivity index (χ1n) is 14.2. The third kappa shape index (κ3) is 8.27. The molecule has 0 amide bonds. The Kier molecular flexibility index (Phi) is 11.9. The Morgan fingerprint density at radius 3 is 2.38 bits per heavy atom. The Balaban J connectivity index is 1.36. The lowest BCUT2D eigenvalue weighted by Gasteiger charge is -2.26. The second-order valence-corrected chi connectivity index (χ2v) is 11.6. The van der Waals surface area contributed by atoms with Crippen molar-refractivity contribution in [3.63, 3.8) is 0 Å². The molecule has 0 bridgehead atoms. The van der Waals surface area contributed by atoms with E-state index in [2.05, 4.69) is 0 Å². The lowest BCUT2D eigenvalue weighted by atomic mass is 10.0. The van der Waals surface area contributed by atoms with Gasteiger partial charge in [-0.15, -0.1) is 11.6 Å². The van der Waals surface area contributed by atoms with Crippen LogP contribution in [0, 0.1) is 17.5 Å². The predicted octanol–water partition coefficient (Wildman–Crippen LogP) is 7.56. The maximum atomic E-state index is 15.1. The van der Waals surface area contributed by atoms with Crippen LogP contribution in [0.4, 0.5) is 13.2 Å². The molecule has 1 atom stereocenters. The van der Waals surface area contributed by atoms with Crippen LogP contribution in [0.15, 0.2) is 59.8 Å². The lowest BCUT2D eigenvalue weighted by Crippen LogP contribution is -2.20. The summed E-state index contributed by atoms with van der Waals surface area (Å²) >= 11 is 13.0. The Bertz CT molecular complexity index is 1570. The number of thioether (sulfide) groups is 1. The summed E-state index contributed by atoms with van der Waals surface area (Å²) in [6.07, 6.45) is -0.0177. The summed E-state index contributed by atoms with van der Waals surface area (Å²) in [6, 6.07) is 13.6. The topological polar surface area (TPSA) is 64.0 Å². The maximum absolute atomic E-state index is 15.1. The molecule has 1 aliphatic rings. The highest BCUT2D eigenvalue weighted by atomic mass is 35.5. The monoisotopic (exact) mass is 682 g/mol. The number of ether oxygens (including phenoxy) is 5. The van der Waals surface area contributed by atoms with E-state index in [9.17, 15) is 4.39 Å². The van der Waals surface area contributed by atoms with E-state index in [4.69, 9.17) is 51.9 Å². The minimum atomic E-state index is -0.744. The standard InChI is InChI=1S/C32H31Cl2F3N2O5S/c1-40-29-16-20(2-7-25(29)34)31-30-28(8-10-44-31)38-32(39(30)22-5-3-21(35)4-6-22)45-19-24-26(36)17-23(18-27(24)37)43-15-14-42-13-12-41-11-9-33/h2-7,16-18,31H,8-15,19H2,1H3. The van der Waals surface area contributed by atoms with E-state index >= 15 is 8.78 Å². The average Bonchev–Trinajstić information content (AvgIpc) is 3.41. The first kappa shape index (κ1) is 33.4. The molecule has 0 saturated carbocycles. The van der Waals surface area contributed by atoms with E-state index in [1.165, 1.54) is 19.2 Å².